The molecule has 1 aliphatic heterocycles. The van der Waals surface area contributed by atoms with E-state index >= 15 is 0 Å². The van der Waals surface area contributed by atoms with Gasteiger partial charge in [0.05, 0.1) is 29.2 Å². The molecule has 36 heavy (non-hydrogen) atoms. The van der Waals surface area contributed by atoms with Crippen LogP contribution in [0.4, 0.5) is 0 Å². The van der Waals surface area contributed by atoms with Crippen LogP contribution >= 0.6 is 23.4 Å². The van der Waals surface area contributed by atoms with E-state index in [0.29, 0.717) is 47.5 Å². The van der Waals surface area contributed by atoms with E-state index in [0.717, 1.165) is 37.2 Å². The summed E-state index contributed by atoms with van der Waals surface area (Å²) < 4.78 is 5.33. The number of halogens is 1. The first kappa shape index (κ1) is 26.7. The second kappa shape index (κ2) is 12.2. The zero-order chi connectivity index (χ0) is 25.5. The van der Waals surface area contributed by atoms with Gasteiger partial charge in [-0.2, -0.15) is 0 Å². The first-order valence-corrected chi connectivity index (χ1v) is 13.6. The van der Waals surface area contributed by atoms with Gasteiger partial charge in [0.15, 0.2) is 0 Å². The Morgan fingerprint density at radius 1 is 1.25 bits per heavy atom. The Kier molecular flexibility index (Phi) is 9.06. The zero-order valence-corrected chi connectivity index (χ0v) is 22.0. The van der Waals surface area contributed by atoms with Crippen molar-refractivity contribution >= 4 is 40.2 Å². The fourth-order valence-electron chi connectivity index (χ4n) is 4.88. The Morgan fingerprint density at radius 3 is 2.69 bits per heavy atom. The van der Waals surface area contributed by atoms with Crippen LogP contribution in [0, 0.1) is 5.41 Å². The Labute approximate surface area is 220 Å². The van der Waals surface area contributed by atoms with E-state index in [9.17, 15) is 15.0 Å². The number of benzene rings is 1. The molecule has 2 N–H and O–H groups in total. The standard InChI is InChI=1S/C27H32ClN3O4S/c1-35-19-3-4-23-21(17-19)25(22(28)18-30-23)24(32)5-8-27(26(33)34)9-14-31(15-10-27)13-2-16-36-20-6-11-29-12-7-20/h3-4,6-7,11-12,17-18,24,32H,2,5,8-10,13-16H2,1H3,(H,33,34). The highest BCUT2D eigenvalue weighted by Gasteiger charge is 2.41. The van der Waals surface area contributed by atoms with Gasteiger partial charge in [0.25, 0.3) is 0 Å². The number of carbonyl (C=O) groups is 1. The van der Waals surface area contributed by atoms with E-state index in [4.69, 9.17) is 16.3 Å². The summed E-state index contributed by atoms with van der Waals surface area (Å²) in [5.41, 5.74) is 0.443. The number of fused-ring (bicyclic) bond motifs is 1. The van der Waals surface area contributed by atoms with Crippen molar-refractivity contribution in [1.29, 1.82) is 0 Å². The van der Waals surface area contributed by atoms with Crippen LogP contribution in [0.5, 0.6) is 5.75 Å². The van der Waals surface area contributed by atoms with Crippen LogP contribution in [0.1, 0.15) is 43.8 Å². The molecule has 0 radical (unpaired) electrons. The van der Waals surface area contributed by atoms with E-state index in [1.54, 1.807) is 19.5 Å². The second-order valence-corrected chi connectivity index (χ2v) is 10.8. The molecule has 0 bridgehead atoms. The Balaban J connectivity index is 1.34. The van der Waals surface area contributed by atoms with Gasteiger partial charge in [0.1, 0.15) is 5.75 Å². The molecule has 1 saturated heterocycles. The third-order valence-electron chi connectivity index (χ3n) is 7.10. The molecule has 1 fully saturated rings. The fraction of sp³-hybridized carbons (Fsp3) is 0.444. The van der Waals surface area contributed by atoms with Crippen LogP contribution in [0.15, 0.2) is 53.8 Å². The molecule has 0 aliphatic carbocycles. The molecular weight excluding hydrogens is 498 g/mol. The van der Waals surface area contributed by atoms with E-state index in [1.165, 1.54) is 11.1 Å². The van der Waals surface area contributed by atoms with Gasteiger partial charge < -0.3 is 19.8 Å². The third kappa shape index (κ3) is 6.29. The molecule has 3 aromatic rings. The highest BCUT2D eigenvalue weighted by molar-refractivity contribution is 7.99. The molecule has 9 heteroatoms. The molecule has 0 amide bonds. The maximum atomic E-state index is 12.4. The molecule has 4 rings (SSSR count). The lowest BCUT2D eigenvalue weighted by Gasteiger charge is -2.39. The average molecular weight is 530 g/mol. The van der Waals surface area contributed by atoms with Crippen molar-refractivity contribution in [3.63, 3.8) is 0 Å². The van der Waals surface area contributed by atoms with Gasteiger partial charge in [-0.25, -0.2) is 0 Å². The lowest BCUT2D eigenvalue weighted by molar-refractivity contribution is -0.153. The minimum absolute atomic E-state index is 0.310. The Morgan fingerprint density at radius 2 is 2.00 bits per heavy atom. The van der Waals surface area contributed by atoms with Gasteiger partial charge in [-0.05, 0) is 87.8 Å². The fourth-order valence-corrected chi connectivity index (χ4v) is 5.98. The van der Waals surface area contributed by atoms with Crippen molar-refractivity contribution in [1.82, 2.24) is 14.9 Å². The number of carboxylic acid groups (broad SMARTS) is 1. The number of carboxylic acids is 1. The summed E-state index contributed by atoms with van der Waals surface area (Å²) in [4.78, 5) is 24.3. The summed E-state index contributed by atoms with van der Waals surface area (Å²) in [7, 11) is 1.58. The molecule has 3 heterocycles. The van der Waals surface area contributed by atoms with Gasteiger partial charge in [-0.1, -0.05) is 11.6 Å². The number of hydrogen-bond donors (Lipinski definition) is 2. The molecule has 1 aliphatic rings. The summed E-state index contributed by atoms with van der Waals surface area (Å²) >= 11 is 8.26. The van der Waals surface area contributed by atoms with E-state index in [1.807, 2.05) is 42.1 Å². The van der Waals surface area contributed by atoms with Crippen LogP contribution in [-0.2, 0) is 4.79 Å². The molecule has 1 atom stereocenters. The molecular formula is C27H32ClN3O4S. The molecule has 2 aromatic heterocycles. The van der Waals surface area contributed by atoms with Gasteiger partial charge in [-0.3, -0.25) is 14.8 Å². The maximum absolute atomic E-state index is 12.4. The number of piperidine rings is 1. The summed E-state index contributed by atoms with van der Waals surface area (Å²) in [5, 5.41) is 22.3. The van der Waals surface area contributed by atoms with E-state index in [-0.39, 0.29) is 0 Å². The highest BCUT2D eigenvalue weighted by Crippen LogP contribution is 2.41. The van der Waals surface area contributed by atoms with Crippen LogP contribution in [0.25, 0.3) is 10.9 Å². The number of aromatic nitrogens is 2. The SMILES string of the molecule is COc1ccc2ncc(Cl)c(C(O)CCC3(C(=O)O)CCN(CCCSc4ccncc4)CC3)c2c1. The average Bonchev–Trinajstić information content (AvgIpc) is 2.90. The molecule has 0 saturated carbocycles. The number of ether oxygens (including phenoxy) is 1. The number of pyridine rings is 2. The Bertz CT molecular complexity index is 1170. The molecule has 1 unspecified atom stereocenters. The number of nitrogens with zero attached hydrogens (tertiary/aromatic N) is 3. The number of aliphatic hydroxyl groups excluding tert-OH is 1. The smallest absolute Gasteiger partial charge is 0.309 e. The molecule has 192 valence electrons. The van der Waals surface area contributed by atoms with E-state index in [2.05, 4.69) is 14.9 Å². The van der Waals surface area contributed by atoms with Gasteiger partial charge >= 0.3 is 5.97 Å². The monoisotopic (exact) mass is 529 g/mol. The first-order valence-electron chi connectivity index (χ1n) is 12.2. The van der Waals surface area contributed by atoms with Crippen molar-refractivity contribution in [2.24, 2.45) is 5.41 Å². The minimum Gasteiger partial charge on any atom is -0.497 e. The summed E-state index contributed by atoms with van der Waals surface area (Å²) in [6.07, 6.45) is 7.14. The summed E-state index contributed by atoms with van der Waals surface area (Å²) in [5.74, 6) is 0.880. The number of methoxy groups -OCH3 is 1. The van der Waals surface area contributed by atoms with Crippen molar-refractivity contribution < 1.29 is 19.7 Å². The number of aliphatic hydroxyl groups is 1. The largest absolute Gasteiger partial charge is 0.497 e. The van der Waals surface area contributed by atoms with Crippen LogP contribution in [-0.4, -0.2) is 63.5 Å². The predicted octanol–water partition coefficient (Wildman–Crippen LogP) is 5.45. The van der Waals surface area contributed by atoms with Crippen molar-refractivity contribution in [3.8, 4) is 5.75 Å². The maximum Gasteiger partial charge on any atom is 0.309 e. The number of rotatable bonds is 11. The van der Waals surface area contributed by atoms with Crippen molar-refractivity contribution in [3.05, 3.63) is 59.5 Å². The molecule has 1 aromatic carbocycles. The number of aliphatic carboxylic acids is 1. The zero-order valence-electron chi connectivity index (χ0n) is 20.4. The lowest BCUT2D eigenvalue weighted by Crippen LogP contribution is -2.44. The van der Waals surface area contributed by atoms with Crippen molar-refractivity contribution in [2.75, 3.05) is 32.5 Å². The quantitative estimate of drug-likeness (QED) is 0.250. The topological polar surface area (TPSA) is 95.8 Å². The Hall–Kier alpha value is -2.39. The minimum atomic E-state index is -0.894. The molecule has 7 nitrogen and oxygen atoms in total. The second-order valence-electron chi connectivity index (χ2n) is 9.27. The molecule has 0 spiro atoms. The number of likely N-dealkylation sites (tertiary alicyclic amines) is 1. The number of hydrogen-bond acceptors (Lipinski definition) is 7. The normalized spacial score (nSPS) is 16.6. The summed E-state index contributed by atoms with van der Waals surface area (Å²) in [6, 6.07) is 9.47. The summed E-state index contributed by atoms with van der Waals surface area (Å²) in [6.45, 7) is 2.45. The van der Waals surface area contributed by atoms with Crippen LogP contribution in [0.3, 0.4) is 0 Å². The van der Waals surface area contributed by atoms with Gasteiger partial charge in [0.2, 0.25) is 0 Å². The third-order valence-corrected chi connectivity index (χ3v) is 8.50. The van der Waals surface area contributed by atoms with Crippen LogP contribution in [0.2, 0.25) is 5.02 Å². The highest BCUT2D eigenvalue weighted by atomic mass is 35.5. The lowest BCUT2D eigenvalue weighted by atomic mass is 9.74. The van der Waals surface area contributed by atoms with E-state index < -0.39 is 17.5 Å². The number of thioether (sulfide) groups is 1. The van der Waals surface area contributed by atoms with Crippen molar-refractivity contribution in [2.45, 2.75) is 43.1 Å². The van der Waals surface area contributed by atoms with Gasteiger partial charge in [-0.15, -0.1) is 11.8 Å². The predicted molar refractivity (Wildman–Crippen MR) is 143 cm³/mol. The first-order chi connectivity index (χ1) is 17.4. The van der Waals surface area contributed by atoms with Gasteiger partial charge in [0, 0.05) is 34.4 Å². The van der Waals surface area contributed by atoms with Crippen LogP contribution < -0.4 is 4.74 Å².